The molecule has 0 fully saturated rings. The molecular formula is C9H8N2O2S. The summed E-state index contributed by atoms with van der Waals surface area (Å²) in [6, 6.07) is 5.46. The standard InChI is InChI=1S/C9H8N2O2S/c10-9-11-8-5(4-7(12)13)2-1-3-6(8)14-9/h1-3H,4H2,(H2,10,11)(H,12,13). The molecule has 5 heteroatoms. The molecule has 0 aliphatic heterocycles. The number of benzene rings is 1. The van der Waals surface area contributed by atoms with Crippen LogP contribution in [0.2, 0.25) is 0 Å². The Labute approximate surface area is 84.0 Å². The van der Waals surface area contributed by atoms with Crippen LogP contribution in [0, 0.1) is 0 Å². The maximum atomic E-state index is 10.6. The van der Waals surface area contributed by atoms with Crippen LogP contribution in [-0.4, -0.2) is 16.1 Å². The van der Waals surface area contributed by atoms with Crippen molar-refractivity contribution in [1.82, 2.24) is 4.98 Å². The van der Waals surface area contributed by atoms with Gasteiger partial charge in [-0.15, -0.1) is 0 Å². The monoisotopic (exact) mass is 208 g/mol. The smallest absolute Gasteiger partial charge is 0.307 e. The third-order valence-corrected chi connectivity index (χ3v) is 2.71. The van der Waals surface area contributed by atoms with Crippen LogP contribution in [0.15, 0.2) is 18.2 Å². The molecule has 3 N–H and O–H groups in total. The minimum Gasteiger partial charge on any atom is -0.481 e. The van der Waals surface area contributed by atoms with Gasteiger partial charge in [0.05, 0.1) is 16.6 Å². The summed E-state index contributed by atoms with van der Waals surface area (Å²) in [6.07, 6.45) is -0.0134. The van der Waals surface area contributed by atoms with E-state index in [9.17, 15) is 4.79 Å². The number of aromatic nitrogens is 1. The summed E-state index contributed by atoms with van der Waals surface area (Å²) in [6.45, 7) is 0. The highest BCUT2D eigenvalue weighted by molar-refractivity contribution is 7.22. The number of carboxylic acids is 1. The summed E-state index contributed by atoms with van der Waals surface area (Å²) in [5.41, 5.74) is 6.97. The van der Waals surface area contributed by atoms with Gasteiger partial charge in [0.1, 0.15) is 0 Å². The van der Waals surface area contributed by atoms with Gasteiger partial charge in [-0.25, -0.2) is 4.98 Å². The second-order valence-electron chi connectivity index (χ2n) is 2.89. The number of para-hydroxylation sites is 1. The first-order valence-electron chi connectivity index (χ1n) is 4.02. The molecule has 0 unspecified atom stereocenters. The molecule has 0 aliphatic carbocycles. The zero-order chi connectivity index (χ0) is 10.1. The number of hydrogen-bond acceptors (Lipinski definition) is 4. The lowest BCUT2D eigenvalue weighted by Gasteiger charge is -1.96. The molecule has 1 heterocycles. The van der Waals surface area contributed by atoms with Crippen molar-refractivity contribution >= 4 is 32.7 Å². The number of carbonyl (C=O) groups is 1. The molecule has 0 bridgehead atoms. The Hall–Kier alpha value is -1.62. The second kappa shape index (κ2) is 3.26. The van der Waals surface area contributed by atoms with E-state index in [2.05, 4.69) is 4.98 Å². The topological polar surface area (TPSA) is 76.2 Å². The van der Waals surface area contributed by atoms with Crippen molar-refractivity contribution in [1.29, 1.82) is 0 Å². The molecule has 0 atom stereocenters. The van der Waals surface area contributed by atoms with Crippen LogP contribution in [-0.2, 0) is 11.2 Å². The number of fused-ring (bicyclic) bond motifs is 1. The molecule has 0 saturated heterocycles. The Morgan fingerprint density at radius 3 is 3.07 bits per heavy atom. The van der Waals surface area contributed by atoms with Gasteiger partial charge in [-0.3, -0.25) is 4.79 Å². The van der Waals surface area contributed by atoms with Gasteiger partial charge in [-0.1, -0.05) is 23.5 Å². The molecular weight excluding hydrogens is 200 g/mol. The van der Waals surface area contributed by atoms with E-state index >= 15 is 0 Å². The number of thiazole rings is 1. The molecule has 0 spiro atoms. The lowest BCUT2D eigenvalue weighted by Crippen LogP contribution is -2.00. The number of hydrogen-bond donors (Lipinski definition) is 2. The maximum Gasteiger partial charge on any atom is 0.307 e. The van der Waals surface area contributed by atoms with E-state index in [1.54, 1.807) is 6.07 Å². The fraction of sp³-hybridized carbons (Fsp3) is 0.111. The number of nitrogens with zero attached hydrogens (tertiary/aromatic N) is 1. The van der Waals surface area contributed by atoms with Crippen molar-refractivity contribution in [3.63, 3.8) is 0 Å². The molecule has 0 saturated carbocycles. The van der Waals surface area contributed by atoms with Crippen molar-refractivity contribution in [3.05, 3.63) is 23.8 Å². The predicted molar refractivity (Wildman–Crippen MR) is 55.4 cm³/mol. The molecule has 0 radical (unpaired) electrons. The van der Waals surface area contributed by atoms with Crippen LogP contribution >= 0.6 is 11.3 Å². The van der Waals surface area contributed by atoms with E-state index in [-0.39, 0.29) is 6.42 Å². The van der Waals surface area contributed by atoms with E-state index in [1.807, 2.05) is 12.1 Å². The van der Waals surface area contributed by atoms with Gasteiger partial charge in [0.2, 0.25) is 0 Å². The third-order valence-electron chi connectivity index (χ3n) is 1.86. The number of carboxylic acid groups (broad SMARTS) is 1. The number of rotatable bonds is 2. The highest BCUT2D eigenvalue weighted by atomic mass is 32.1. The largest absolute Gasteiger partial charge is 0.481 e. The number of aliphatic carboxylic acids is 1. The lowest BCUT2D eigenvalue weighted by atomic mass is 10.1. The molecule has 1 aromatic carbocycles. The lowest BCUT2D eigenvalue weighted by molar-refractivity contribution is -0.136. The molecule has 4 nitrogen and oxygen atoms in total. The molecule has 0 aliphatic rings. The zero-order valence-electron chi connectivity index (χ0n) is 7.23. The number of nitrogen functional groups attached to an aromatic ring is 1. The average molecular weight is 208 g/mol. The first-order chi connectivity index (χ1) is 6.66. The number of nitrogens with two attached hydrogens (primary N) is 1. The van der Waals surface area contributed by atoms with Gasteiger partial charge < -0.3 is 10.8 Å². The Bertz CT molecular complexity index is 493. The predicted octanol–water partition coefficient (Wildman–Crippen LogP) is 1.51. The van der Waals surface area contributed by atoms with E-state index in [0.717, 1.165) is 4.70 Å². The van der Waals surface area contributed by atoms with Crippen molar-refractivity contribution in [3.8, 4) is 0 Å². The summed E-state index contributed by atoms with van der Waals surface area (Å²) in [4.78, 5) is 14.7. The summed E-state index contributed by atoms with van der Waals surface area (Å²) in [5, 5.41) is 9.15. The maximum absolute atomic E-state index is 10.6. The Balaban J connectivity index is 2.58. The van der Waals surface area contributed by atoms with Crippen LogP contribution in [0.4, 0.5) is 5.13 Å². The summed E-state index contributed by atoms with van der Waals surface area (Å²) < 4.78 is 0.932. The minimum absolute atomic E-state index is 0.0134. The highest BCUT2D eigenvalue weighted by Crippen LogP contribution is 2.26. The van der Waals surface area contributed by atoms with Gasteiger partial charge in [-0.2, -0.15) is 0 Å². The third kappa shape index (κ3) is 1.54. The molecule has 72 valence electrons. The number of anilines is 1. The second-order valence-corrected chi connectivity index (χ2v) is 3.95. The highest BCUT2D eigenvalue weighted by Gasteiger charge is 2.08. The fourth-order valence-corrected chi connectivity index (χ4v) is 2.11. The average Bonchev–Trinajstić information content (AvgIpc) is 2.45. The summed E-state index contributed by atoms with van der Waals surface area (Å²) in [7, 11) is 0. The molecule has 2 rings (SSSR count). The van der Waals surface area contributed by atoms with Gasteiger partial charge in [-0.05, 0) is 11.6 Å². The van der Waals surface area contributed by atoms with E-state index in [1.165, 1.54) is 11.3 Å². The molecule has 2 aromatic rings. The Kier molecular flexibility index (Phi) is 2.09. The first kappa shape index (κ1) is 8.96. The van der Waals surface area contributed by atoms with Gasteiger partial charge in [0, 0.05) is 0 Å². The fourth-order valence-electron chi connectivity index (χ4n) is 1.33. The van der Waals surface area contributed by atoms with Gasteiger partial charge >= 0.3 is 5.97 Å². The van der Waals surface area contributed by atoms with Crippen molar-refractivity contribution in [2.75, 3.05) is 5.73 Å². The van der Waals surface area contributed by atoms with E-state index in [0.29, 0.717) is 16.2 Å². The molecule has 1 aromatic heterocycles. The normalized spacial score (nSPS) is 10.6. The SMILES string of the molecule is Nc1nc2c(CC(=O)O)cccc2s1. The van der Waals surface area contributed by atoms with Crippen LogP contribution < -0.4 is 5.73 Å². The van der Waals surface area contributed by atoms with Gasteiger partial charge in [0.25, 0.3) is 0 Å². The van der Waals surface area contributed by atoms with Crippen LogP contribution in [0.1, 0.15) is 5.56 Å². The minimum atomic E-state index is -0.857. The Morgan fingerprint density at radius 1 is 1.57 bits per heavy atom. The Morgan fingerprint density at radius 2 is 2.36 bits per heavy atom. The van der Waals surface area contributed by atoms with Crippen LogP contribution in [0.3, 0.4) is 0 Å². The van der Waals surface area contributed by atoms with Gasteiger partial charge in [0.15, 0.2) is 5.13 Å². The van der Waals surface area contributed by atoms with E-state index in [4.69, 9.17) is 10.8 Å². The molecule has 14 heavy (non-hydrogen) atoms. The van der Waals surface area contributed by atoms with Crippen molar-refractivity contribution in [2.45, 2.75) is 6.42 Å². The van der Waals surface area contributed by atoms with Crippen molar-refractivity contribution in [2.24, 2.45) is 0 Å². The summed E-state index contributed by atoms with van der Waals surface area (Å²) >= 11 is 1.37. The summed E-state index contributed by atoms with van der Waals surface area (Å²) in [5.74, 6) is -0.857. The van der Waals surface area contributed by atoms with Crippen molar-refractivity contribution < 1.29 is 9.90 Å². The quantitative estimate of drug-likeness (QED) is 0.784. The zero-order valence-corrected chi connectivity index (χ0v) is 8.04. The van der Waals surface area contributed by atoms with Crippen LogP contribution in [0.25, 0.3) is 10.2 Å². The van der Waals surface area contributed by atoms with E-state index < -0.39 is 5.97 Å². The van der Waals surface area contributed by atoms with Crippen LogP contribution in [0.5, 0.6) is 0 Å². The first-order valence-corrected chi connectivity index (χ1v) is 4.84. The molecule has 0 amide bonds.